The SMILES string of the molecule is CC(CC(N)C1CCC1)CC(C)(C)C. The largest absolute Gasteiger partial charge is 0.327 e. The average Bonchev–Trinajstić information content (AvgIpc) is 1.75. The van der Waals surface area contributed by atoms with E-state index < -0.39 is 0 Å². The molecule has 0 amide bonds. The van der Waals surface area contributed by atoms with Gasteiger partial charge in [-0.05, 0) is 42.9 Å². The summed E-state index contributed by atoms with van der Waals surface area (Å²) in [6, 6.07) is 0.473. The fraction of sp³-hybridized carbons (Fsp3) is 1.00. The molecule has 84 valence electrons. The molecule has 0 aromatic carbocycles. The zero-order valence-electron chi connectivity index (χ0n) is 10.3. The van der Waals surface area contributed by atoms with Crippen LogP contribution in [0.3, 0.4) is 0 Å². The standard InChI is InChI=1S/C13H27N/c1-10(9-13(2,3)4)8-12(14)11-6-5-7-11/h10-12H,5-9,14H2,1-4H3. The van der Waals surface area contributed by atoms with Gasteiger partial charge in [0.2, 0.25) is 0 Å². The van der Waals surface area contributed by atoms with Gasteiger partial charge in [0, 0.05) is 6.04 Å². The number of hydrogen-bond acceptors (Lipinski definition) is 1. The van der Waals surface area contributed by atoms with Crippen molar-refractivity contribution in [3.8, 4) is 0 Å². The van der Waals surface area contributed by atoms with E-state index in [1.807, 2.05) is 0 Å². The minimum atomic E-state index is 0.457. The van der Waals surface area contributed by atoms with Crippen molar-refractivity contribution < 1.29 is 0 Å². The van der Waals surface area contributed by atoms with E-state index in [-0.39, 0.29) is 0 Å². The molecule has 0 bridgehead atoms. The van der Waals surface area contributed by atoms with E-state index in [9.17, 15) is 0 Å². The van der Waals surface area contributed by atoms with E-state index >= 15 is 0 Å². The molecule has 2 atom stereocenters. The smallest absolute Gasteiger partial charge is 0.00697 e. The molecular weight excluding hydrogens is 170 g/mol. The van der Waals surface area contributed by atoms with Gasteiger partial charge in [0.25, 0.3) is 0 Å². The monoisotopic (exact) mass is 197 g/mol. The maximum Gasteiger partial charge on any atom is 0.00697 e. The van der Waals surface area contributed by atoms with Crippen LogP contribution < -0.4 is 5.73 Å². The minimum Gasteiger partial charge on any atom is -0.327 e. The predicted octanol–water partition coefficient (Wildman–Crippen LogP) is 3.58. The summed E-state index contributed by atoms with van der Waals surface area (Å²) >= 11 is 0. The molecule has 0 aromatic rings. The van der Waals surface area contributed by atoms with E-state index in [1.165, 1.54) is 32.1 Å². The Labute approximate surface area is 89.5 Å². The second-order valence-corrected chi connectivity index (χ2v) is 6.46. The molecule has 2 N–H and O–H groups in total. The predicted molar refractivity (Wildman–Crippen MR) is 63.2 cm³/mol. The Morgan fingerprint density at radius 2 is 1.86 bits per heavy atom. The van der Waals surface area contributed by atoms with Gasteiger partial charge in [-0.1, -0.05) is 34.1 Å². The van der Waals surface area contributed by atoms with E-state index in [1.54, 1.807) is 0 Å². The zero-order chi connectivity index (χ0) is 10.8. The van der Waals surface area contributed by atoms with Crippen LogP contribution in [-0.4, -0.2) is 6.04 Å². The Morgan fingerprint density at radius 3 is 2.21 bits per heavy atom. The number of hydrogen-bond donors (Lipinski definition) is 1. The van der Waals surface area contributed by atoms with E-state index in [2.05, 4.69) is 27.7 Å². The molecule has 0 heterocycles. The van der Waals surface area contributed by atoms with Crippen molar-refractivity contribution in [2.75, 3.05) is 0 Å². The van der Waals surface area contributed by atoms with Crippen molar-refractivity contribution in [2.45, 2.75) is 65.8 Å². The normalized spacial score (nSPS) is 22.9. The van der Waals surface area contributed by atoms with Gasteiger partial charge in [-0.2, -0.15) is 0 Å². The first-order valence-electron chi connectivity index (χ1n) is 6.14. The third kappa shape index (κ3) is 4.00. The van der Waals surface area contributed by atoms with Gasteiger partial charge < -0.3 is 5.73 Å². The molecule has 1 aliphatic rings. The Kier molecular flexibility index (Phi) is 4.00. The quantitative estimate of drug-likeness (QED) is 0.732. The molecule has 1 saturated carbocycles. The van der Waals surface area contributed by atoms with Crippen LogP contribution in [-0.2, 0) is 0 Å². The Morgan fingerprint density at radius 1 is 1.29 bits per heavy atom. The highest BCUT2D eigenvalue weighted by Gasteiger charge is 2.26. The Bertz CT molecular complexity index is 165. The van der Waals surface area contributed by atoms with Crippen LogP contribution in [0.4, 0.5) is 0 Å². The van der Waals surface area contributed by atoms with Gasteiger partial charge >= 0.3 is 0 Å². The summed E-state index contributed by atoms with van der Waals surface area (Å²) in [7, 11) is 0. The fourth-order valence-corrected chi connectivity index (χ4v) is 2.65. The lowest BCUT2D eigenvalue weighted by molar-refractivity contribution is 0.212. The molecule has 1 fully saturated rings. The van der Waals surface area contributed by atoms with Crippen LogP contribution in [0.1, 0.15) is 59.8 Å². The van der Waals surface area contributed by atoms with Gasteiger partial charge in [-0.3, -0.25) is 0 Å². The summed E-state index contributed by atoms with van der Waals surface area (Å²) in [6.45, 7) is 9.30. The molecule has 1 nitrogen and oxygen atoms in total. The summed E-state index contributed by atoms with van der Waals surface area (Å²) in [5.74, 6) is 1.63. The van der Waals surface area contributed by atoms with Gasteiger partial charge in [0.15, 0.2) is 0 Å². The summed E-state index contributed by atoms with van der Waals surface area (Å²) in [6.07, 6.45) is 6.69. The molecule has 0 aromatic heterocycles. The lowest BCUT2D eigenvalue weighted by Crippen LogP contribution is -2.36. The molecule has 2 unspecified atom stereocenters. The molecule has 1 heteroatoms. The van der Waals surface area contributed by atoms with Crippen LogP contribution in [0.2, 0.25) is 0 Å². The topological polar surface area (TPSA) is 26.0 Å². The number of nitrogens with two attached hydrogens (primary N) is 1. The lowest BCUT2D eigenvalue weighted by atomic mass is 9.75. The van der Waals surface area contributed by atoms with Crippen LogP contribution in [0, 0.1) is 17.3 Å². The van der Waals surface area contributed by atoms with Gasteiger partial charge in [0.1, 0.15) is 0 Å². The lowest BCUT2D eigenvalue weighted by Gasteiger charge is -2.34. The summed E-state index contributed by atoms with van der Waals surface area (Å²) in [4.78, 5) is 0. The highest BCUT2D eigenvalue weighted by molar-refractivity contribution is 4.82. The molecular formula is C13H27N. The second-order valence-electron chi connectivity index (χ2n) is 6.46. The van der Waals surface area contributed by atoms with Crippen LogP contribution in [0.5, 0.6) is 0 Å². The Hall–Kier alpha value is -0.0400. The first kappa shape index (κ1) is 12.0. The maximum absolute atomic E-state index is 6.20. The van der Waals surface area contributed by atoms with Crippen molar-refractivity contribution in [2.24, 2.45) is 23.0 Å². The van der Waals surface area contributed by atoms with Crippen molar-refractivity contribution in [1.29, 1.82) is 0 Å². The minimum absolute atomic E-state index is 0.457. The maximum atomic E-state index is 6.20. The molecule has 1 rings (SSSR count). The van der Waals surface area contributed by atoms with E-state index in [4.69, 9.17) is 5.73 Å². The van der Waals surface area contributed by atoms with Crippen molar-refractivity contribution in [3.63, 3.8) is 0 Å². The second kappa shape index (κ2) is 4.65. The average molecular weight is 197 g/mol. The molecule has 0 spiro atoms. The van der Waals surface area contributed by atoms with Crippen molar-refractivity contribution in [3.05, 3.63) is 0 Å². The summed E-state index contributed by atoms with van der Waals surface area (Å²) in [5.41, 5.74) is 6.66. The molecule has 0 radical (unpaired) electrons. The first-order valence-corrected chi connectivity index (χ1v) is 6.14. The van der Waals surface area contributed by atoms with Crippen LogP contribution in [0.25, 0.3) is 0 Å². The third-order valence-corrected chi connectivity index (χ3v) is 3.39. The van der Waals surface area contributed by atoms with Gasteiger partial charge in [0.05, 0.1) is 0 Å². The zero-order valence-corrected chi connectivity index (χ0v) is 10.3. The summed E-state index contributed by atoms with van der Waals surface area (Å²) < 4.78 is 0. The first-order chi connectivity index (χ1) is 6.38. The molecule has 0 saturated heterocycles. The molecule has 14 heavy (non-hydrogen) atoms. The third-order valence-electron chi connectivity index (χ3n) is 3.39. The van der Waals surface area contributed by atoms with E-state index in [0.29, 0.717) is 11.5 Å². The van der Waals surface area contributed by atoms with Crippen LogP contribution >= 0.6 is 0 Å². The molecule has 1 aliphatic carbocycles. The number of rotatable bonds is 4. The van der Waals surface area contributed by atoms with Gasteiger partial charge in [-0.25, -0.2) is 0 Å². The van der Waals surface area contributed by atoms with Gasteiger partial charge in [-0.15, -0.1) is 0 Å². The fourth-order valence-electron chi connectivity index (χ4n) is 2.65. The molecule has 0 aliphatic heterocycles. The highest BCUT2D eigenvalue weighted by atomic mass is 14.7. The Balaban J connectivity index is 2.21. The van der Waals surface area contributed by atoms with Crippen LogP contribution in [0.15, 0.2) is 0 Å². The summed E-state index contributed by atoms with van der Waals surface area (Å²) in [5, 5.41) is 0. The van der Waals surface area contributed by atoms with Crippen molar-refractivity contribution >= 4 is 0 Å². The van der Waals surface area contributed by atoms with Crippen molar-refractivity contribution in [1.82, 2.24) is 0 Å². The van der Waals surface area contributed by atoms with E-state index in [0.717, 1.165) is 11.8 Å². The highest BCUT2D eigenvalue weighted by Crippen LogP contribution is 2.33.